The molecule has 0 bridgehead atoms. The molecule has 0 aliphatic heterocycles. The Kier molecular flexibility index (Phi) is 3.51. The molecule has 2 aromatic carbocycles. The Morgan fingerprint density at radius 2 is 1.78 bits per heavy atom. The molecule has 0 atom stereocenters. The summed E-state index contributed by atoms with van der Waals surface area (Å²) >= 11 is 0. The standard InChI is InChI=1S/C15H17FN2/c1-11-4-3-5-14(15(11)17)18(2)10-12-6-8-13(16)9-7-12/h3-9H,10,17H2,1-2H3. The van der Waals surface area contributed by atoms with Crippen LogP contribution in [-0.4, -0.2) is 7.05 Å². The third-order valence-electron chi connectivity index (χ3n) is 3.05. The molecule has 0 radical (unpaired) electrons. The highest BCUT2D eigenvalue weighted by atomic mass is 19.1. The highest BCUT2D eigenvalue weighted by Crippen LogP contribution is 2.26. The average Bonchev–Trinajstić information content (AvgIpc) is 2.35. The van der Waals surface area contributed by atoms with Crippen LogP contribution in [0.5, 0.6) is 0 Å². The fraction of sp³-hybridized carbons (Fsp3) is 0.200. The van der Waals surface area contributed by atoms with Crippen molar-refractivity contribution in [3.63, 3.8) is 0 Å². The van der Waals surface area contributed by atoms with Gasteiger partial charge < -0.3 is 10.6 Å². The van der Waals surface area contributed by atoms with Crippen LogP contribution in [0, 0.1) is 12.7 Å². The number of nitrogens with two attached hydrogens (primary N) is 1. The zero-order valence-corrected chi connectivity index (χ0v) is 10.7. The summed E-state index contributed by atoms with van der Waals surface area (Å²) in [5, 5.41) is 0. The van der Waals surface area contributed by atoms with Gasteiger partial charge in [0.1, 0.15) is 5.82 Å². The Bertz CT molecular complexity index is 535. The molecule has 18 heavy (non-hydrogen) atoms. The van der Waals surface area contributed by atoms with Gasteiger partial charge in [0.05, 0.1) is 11.4 Å². The number of hydrogen-bond acceptors (Lipinski definition) is 2. The van der Waals surface area contributed by atoms with Crippen molar-refractivity contribution >= 4 is 11.4 Å². The van der Waals surface area contributed by atoms with E-state index in [2.05, 4.69) is 4.90 Å². The molecule has 0 saturated carbocycles. The van der Waals surface area contributed by atoms with Crippen LogP contribution in [0.3, 0.4) is 0 Å². The van der Waals surface area contributed by atoms with Gasteiger partial charge in [0.25, 0.3) is 0 Å². The third-order valence-corrected chi connectivity index (χ3v) is 3.05. The normalized spacial score (nSPS) is 10.4. The van der Waals surface area contributed by atoms with Gasteiger partial charge >= 0.3 is 0 Å². The molecule has 0 heterocycles. The summed E-state index contributed by atoms with van der Waals surface area (Å²) in [7, 11) is 1.98. The first-order valence-electron chi connectivity index (χ1n) is 5.88. The van der Waals surface area contributed by atoms with Crippen LogP contribution in [0.2, 0.25) is 0 Å². The summed E-state index contributed by atoms with van der Waals surface area (Å²) in [5.74, 6) is -0.212. The first-order valence-corrected chi connectivity index (χ1v) is 5.88. The molecule has 2 aromatic rings. The molecular weight excluding hydrogens is 227 g/mol. The van der Waals surface area contributed by atoms with E-state index < -0.39 is 0 Å². The molecule has 0 amide bonds. The van der Waals surface area contributed by atoms with Crippen LogP contribution in [0.1, 0.15) is 11.1 Å². The Labute approximate surface area is 107 Å². The second-order valence-corrected chi connectivity index (χ2v) is 4.49. The van der Waals surface area contributed by atoms with Crippen LogP contribution >= 0.6 is 0 Å². The van der Waals surface area contributed by atoms with E-state index >= 15 is 0 Å². The monoisotopic (exact) mass is 244 g/mol. The quantitative estimate of drug-likeness (QED) is 0.839. The minimum absolute atomic E-state index is 0.212. The van der Waals surface area contributed by atoms with Crippen molar-refractivity contribution in [2.45, 2.75) is 13.5 Å². The van der Waals surface area contributed by atoms with E-state index in [9.17, 15) is 4.39 Å². The maximum Gasteiger partial charge on any atom is 0.123 e. The number of anilines is 2. The van der Waals surface area contributed by atoms with Gasteiger partial charge in [-0.2, -0.15) is 0 Å². The Morgan fingerprint density at radius 3 is 2.44 bits per heavy atom. The van der Waals surface area contributed by atoms with Gasteiger partial charge in [-0.1, -0.05) is 24.3 Å². The smallest absolute Gasteiger partial charge is 0.123 e. The van der Waals surface area contributed by atoms with E-state index in [0.29, 0.717) is 6.54 Å². The van der Waals surface area contributed by atoms with Crippen LogP contribution in [0.15, 0.2) is 42.5 Å². The van der Waals surface area contributed by atoms with Gasteiger partial charge in [-0.3, -0.25) is 0 Å². The maximum absolute atomic E-state index is 12.8. The van der Waals surface area contributed by atoms with E-state index in [1.54, 1.807) is 12.1 Å². The summed E-state index contributed by atoms with van der Waals surface area (Å²) < 4.78 is 12.8. The lowest BCUT2D eigenvalue weighted by Gasteiger charge is -2.22. The van der Waals surface area contributed by atoms with Crippen molar-refractivity contribution in [3.8, 4) is 0 Å². The van der Waals surface area contributed by atoms with Crippen LogP contribution < -0.4 is 10.6 Å². The van der Waals surface area contributed by atoms with E-state index in [0.717, 1.165) is 22.5 Å². The first-order chi connectivity index (χ1) is 8.58. The molecule has 0 aliphatic carbocycles. The highest BCUT2D eigenvalue weighted by Gasteiger charge is 2.07. The predicted octanol–water partition coefficient (Wildman–Crippen LogP) is 3.35. The molecule has 3 heteroatoms. The molecule has 0 aromatic heterocycles. The van der Waals surface area contributed by atoms with Crippen LogP contribution in [-0.2, 0) is 6.54 Å². The summed E-state index contributed by atoms with van der Waals surface area (Å²) in [6.45, 7) is 2.69. The fourth-order valence-corrected chi connectivity index (χ4v) is 1.95. The fourth-order valence-electron chi connectivity index (χ4n) is 1.95. The zero-order valence-electron chi connectivity index (χ0n) is 10.7. The Balaban J connectivity index is 2.19. The van der Waals surface area contributed by atoms with Crippen molar-refractivity contribution in [1.82, 2.24) is 0 Å². The van der Waals surface area contributed by atoms with Gasteiger partial charge in [0.2, 0.25) is 0 Å². The molecule has 94 valence electrons. The molecule has 0 spiro atoms. The minimum atomic E-state index is -0.212. The Morgan fingerprint density at radius 1 is 1.11 bits per heavy atom. The summed E-state index contributed by atoms with van der Waals surface area (Å²) in [4.78, 5) is 2.07. The predicted molar refractivity (Wildman–Crippen MR) is 74.1 cm³/mol. The first kappa shape index (κ1) is 12.4. The molecule has 0 fully saturated rings. The van der Waals surface area contributed by atoms with E-state index in [-0.39, 0.29) is 5.82 Å². The molecule has 2 nitrogen and oxygen atoms in total. The van der Waals surface area contributed by atoms with Crippen molar-refractivity contribution in [2.75, 3.05) is 17.7 Å². The third kappa shape index (κ3) is 2.62. The highest BCUT2D eigenvalue weighted by molar-refractivity contribution is 5.70. The summed E-state index contributed by atoms with van der Waals surface area (Å²) in [5.41, 5.74) is 9.98. The number of para-hydroxylation sites is 1. The molecular formula is C15H17FN2. The lowest BCUT2D eigenvalue weighted by molar-refractivity contribution is 0.627. The molecule has 0 saturated heterocycles. The van der Waals surface area contributed by atoms with Crippen molar-refractivity contribution < 1.29 is 4.39 Å². The average molecular weight is 244 g/mol. The van der Waals surface area contributed by atoms with Crippen LogP contribution in [0.25, 0.3) is 0 Å². The van der Waals surface area contributed by atoms with Crippen molar-refractivity contribution in [2.24, 2.45) is 0 Å². The van der Waals surface area contributed by atoms with Gasteiger partial charge in [0.15, 0.2) is 0 Å². The number of aryl methyl sites for hydroxylation is 1. The second-order valence-electron chi connectivity index (χ2n) is 4.49. The van der Waals surface area contributed by atoms with Gasteiger partial charge in [-0.25, -0.2) is 4.39 Å². The van der Waals surface area contributed by atoms with Crippen molar-refractivity contribution in [1.29, 1.82) is 0 Å². The largest absolute Gasteiger partial charge is 0.397 e. The number of hydrogen-bond donors (Lipinski definition) is 1. The number of nitrogens with zero attached hydrogens (tertiary/aromatic N) is 1. The number of rotatable bonds is 3. The molecule has 2 rings (SSSR count). The van der Waals surface area contributed by atoms with Crippen molar-refractivity contribution in [3.05, 3.63) is 59.4 Å². The van der Waals surface area contributed by atoms with E-state index in [1.807, 2.05) is 32.2 Å². The summed E-state index contributed by atoms with van der Waals surface area (Å²) in [6, 6.07) is 12.5. The number of benzene rings is 2. The van der Waals surface area contributed by atoms with Gasteiger partial charge in [-0.05, 0) is 36.2 Å². The number of halogens is 1. The van der Waals surface area contributed by atoms with E-state index in [4.69, 9.17) is 5.73 Å². The molecule has 0 aliphatic rings. The van der Waals surface area contributed by atoms with Gasteiger partial charge in [0, 0.05) is 13.6 Å². The zero-order chi connectivity index (χ0) is 13.1. The lowest BCUT2D eigenvalue weighted by atomic mass is 10.1. The lowest BCUT2D eigenvalue weighted by Crippen LogP contribution is -2.18. The molecule has 2 N–H and O–H groups in total. The Hall–Kier alpha value is -2.03. The second kappa shape index (κ2) is 5.08. The molecule has 0 unspecified atom stereocenters. The summed E-state index contributed by atoms with van der Waals surface area (Å²) in [6.07, 6.45) is 0. The SMILES string of the molecule is Cc1cccc(N(C)Cc2ccc(F)cc2)c1N. The number of nitrogen functional groups attached to an aromatic ring is 1. The van der Waals surface area contributed by atoms with E-state index in [1.165, 1.54) is 12.1 Å². The topological polar surface area (TPSA) is 29.3 Å². The van der Waals surface area contributed by atoms with Crippen LogP contribution in [0.4, 0.5) is 15.8 Å². The maximum atomic E-state index is 12.8. The van der Waals surface area contributed by atoms with Gasteiger partial charge in [-0.15, -0.1) is 0 Å². The minimum Gasteiger partial charge on any atom is -0.397 e.